The second kappa shape index (κ2) is 43.6. The fraction of sp³-hybridized carbons (Fsp3) is 0.896. The molecule has 1 amide bonds. The number of allylic oxidation sites excluding steroid dienone is 3. The van der Waals surface area contributed by atoms with E-state index < -0.39 is 24.2 Å². The smallest absolute Gasteiger partial charge is 0.249 e. The molecule has 0 aromatic rings. The molecule has 5 nitrogen and oxygen atoms in total. The van der Waals surface area contributed by atoms with E-state index in [1.54, 1.807) is 6.08 Å². The Morgan fingerprint density at radius 1 is 0.453 bits per heavy atom. The number of hydrogen-bond donors (Lipinski definition) is 4. The van der Waals surface area contributed by atoms with Gasteiger partial charge in [-0.2, -0.15) is 0 Å². The van der Waals surface area contributed by atoms with Crippen LogP contribution in [0.4, 0.5) is 0 Å². The Balaban J connectivity index is 3.52. The van der Waals surface area contributed by atoms with Gasteiger partial charge in [0.1, 0.15) is 6.10 Å². The summed E-state index contributed by atoms with van der Waals surface area (Å²) in [6.45, 7) is 4.16. The van der Waals surface area contributed by atoms with Crippen LogP contribution in [0.25, 0.3) is 0 Å². The standard InChI is InChI=1S/C48H93NO4/c1-3-5-7-9-11-13-15-16-17-18-19-20-21-22-23-24-25-26-27-28-29-30-31-33-35-37-39-41-43-47(52)48(53)49-45(44-50)46(51)42-40-38-36-34-32-14-12-10-8-6-4-2/h32,34,40,42,45-47,50-52H,3-31,33,35-39,41,43-44H2,1-2H3,(H,49,53)/b34-32+,42-40+. The van der Waals surface area contributed by atoms with Crippen molar-refractivity contribution in [2.45, 2.75) is 270 Å². The molecular formula is C48H93NO4. The number of aliphatic hydroxyl groups is 3. The quantitative estimate of drug-likeness (QED) is 0.0369. The molecule has 0 heterocycles. The number of carbonyl (C=O) groups excluding carboxylic acids is 1. The fourth-order valence-electron chi connectivity index (χ4n) is 7.32. The zero-order valence-electron chi connectivity index (χ0n) is 35.7. The van der Waals surface area contributed by atoms with Crippen molar-refractivity contribution >= 4 is 5.91 Å². The first-order valence-corrected chi connectivity index (χ1v) is 23.7. The Morgan fingerprint density at radius 2 is 0.774 bits per heavy atom. The zero-order valence-corrected chi connectivity index (χ0v) is 35.7. The Kier molecular flexibility index (Phi) is 42.6. The third-order valence-electron chi connectivity index (χ3n) is 11.0. The number of hydrogen-bond acceptors (Lipinski definition) is 4. The van der Waals surface area contributed by atoms with Crippen molar-refractivity contribution in [3.63, 3.8) is 0 Å². The van der Waals surface area contributed by atoms with Gasteiger partial charge >= 0.3 is 0 Å². The van der Waals surface area contributed by atoms with E-state index in [2.05, 4.69) is 31.3 Å². The monoisotopic (exact) mass is 748 g/mol. The van der Waals surface area contributed by atoms with E-state index in [0.29, 0.717) is 6.42 Å². The van der Waals surface area contributed by atoms with Crippen LogP contribution in [0.15, 0.2) is 24.3 Å². The normalized spacial score (nSPS) is 13.7. The summed E-state index contributed by atoms with van der Waals surface area (Å²) in [7, 11) is 0. The summed E-state index contributed by atoms with van der Waals surface area (Å²) in [6, 6.07) is -0.810. The molecule has 0 saturated carbocycles. The predicted octanol–water partition coefficient (Wildman–Crippen LogP) is 13.8. The molecule has 5 heteroatoms. The minimum Gasteiger partial charge on any atom is -0.394 e. The van der Waals surface area contributed by atoms with Crippen LogP contribution in [0.1, 0.15) is 251 Å². The Hall–Kier alpha value is -1.17. The SMILES string of the molecule is CCCCCCC/C=C/CC/C=C/C(O)C(CO)NC(=O)C(O)CCCCCCCCCCCCCCCCCCCCCCCCCCCCCC. The molecule has 0 aromatic heterocycles. The van der Waals surface area contributed by atoms with E-state index >= 15 is 0 Å². The second-order valence-corrected chi connectivity index (χ2v) is 16.3. The van der Waals surface area contributed by atoms with Crippen molar-refractivity contribution in [1.82, 2.24) is 5.32 Å². The van der Waals surface area contributed by atoms with Crippen molar-refractivity contribution in [2.24, 2.45) is 0 Å². The van der Waals surface area contributed by atoms with Gasteiger partial charge in [0.15, 0.2) is 0 Å². The minimum atomic E-state index is -1.10. The molecule has 0 aliphatic heterocycles. The maximum absolute atomic E-state index is 12.4. The van der Waals surface area contributed by atoms with Gasteiger partial charge in [-0.1, -0.05) is 244 Å². The highest BCUT2D eigenvalue weighted by Crippen LogP contribution is 2.17. The number of amides is 1. The van der Waals surface area contributed by atoms with Crippen molar-refractivity contribution < 1.29 is 20.1 Å². The number of nitrogens with one attached hydrogen (secondary N) is 1. The lowest BCUT2D eigenvalue weighted by atomic mass is 10.0. The van der Waals surface area contributed by atoms with Crippen molar-refractivity contribution in [3.05, 3.63) is 24.3 Å². The first-order chi connectivity index (χ1) is 26.1. The summed E-state index contributed by atoms with van der Waals surface area (Å²) in [4.78, 5) is 12.4. The Labute approximate surface area is 331 Å². The Bertz CT molecular complexity index is 784. The summed E-state index contributed by atoms with van der Waals surface area (Å²) in [6.07, 6.45) is 53.9. The molecule has 0 spiro atoms. The van der Waals surface area contributed by atoms with Gasteiger partial charge in [-0.15, -0.1) is 0 Å². The molecule has 0 rings (SSSR count). The van der Waals surface area contributed by atoms with Crippen LogP contribution >= 0.6 is 0 Å². The molecular weight excluding hydrogens is 655 g/mol. The molecule has 0 fully saturated rings. The van der Waals surface area contributed by atoms with Crippen LogP contribution < -0.4 is 5.32 Å². The van der Waals surface area contributed by atoms with E-state index in [4.69, 9.17) is 0 Å². The van der Waals surface area contributed by atoms with Crippen LogP contribution in [0.3, 0.4) is 0 Å². The third-order valence-corrected chi connectivity index (χ3v) is 11.0. The Morgan fingerprint density at radius 3 is 1.15 bits per heavy atom. The minimum absolute atomic E-state index is 0.374. The van der Waals surface area contributed by atoms with Gasteiger partial charge < -0.3 is 20.6 Å². The van der Waals surface area contributed by atoms with Crippen molar-refractivity contribution in [1.29, 1.82) is 0 Å². The van der Waals surface area contributed by atoms with Crippen molar-refractivity contribution in [2.75, 3.05) is 6.61 Å². The molecule has 4 N–H and O–H groups in total. The first kappa shape index (κ1) is 51.8. The molecule has 314 valence electrons. The van der Waals surface area contributed by atoms with Gasteiger partial charge in [0.2, 0.25) is 5.91 Å². The molecule has 0 aliphatic rings. The average molecular weight is 748 g/mol. The maximum Gasteiger partial charge on any atom is 0.249 e. The average Bonchev–Trinajstić information content (AvgIpc) is 3.16. The van der Waals surface area contributed by atoms with Gasteiger partial charge in [-0.3, -0.25) is 4.79 Å². The molecule has 0 saturated heterocycles. The first-order valence-electron chi connectivity index (χ1n) is 23.7. The van der Waals surface area contributed by atoms with Crippen LogP contribution in [0.5, 0.6) is 0 Å². The molecule has 53 heavy (non-hydrogen) atoms. The highest BCUT2D eigenvalue weighted by Gasteiger charge is 2.22. The summed E-state index contributed by atoms with van der Waals surface area (Å²) >= 11 is 0. The highest BCUT2D eigenvalue weighted by molar-refractivity contribution is 5.80. The lowest BCUT2D eigenvalue weighted by Crippen LogP contribution is -2.48. The van der Waals surface area contributed by atoms with Crippen LogP contribution in [0.2, 0.25) is 0 Å². The molecule has 3 unspecified atom stereocenters. The van der Waals surface area contributed by atoms with Crippen molar-refractivity contribution in [3.8, 4) is 0 Å². The predicted molar refractivity (Wildman–Crippen MR) is 231 cm³/mol. The number of rotatable bonds is 43. The van der Waals surface area contributed by atoms with Gasteiger partial charge in [0.25, 0.3) is 0 Å². The van der Waals surface area contributed by atoms with Crippen LogP contribution in [0, 0.1) is 0 Å². The van der Waals surface area contributed by atoms with Gasteiger partial charge in [-0.05, 0) is 32.1 Å². The fourth-order valence-corrected chi connectivity index (χ4v) is 7.32. The molecule has 0 bridgehead atoms. The van der Waals surface area contributed by atoms with Gasteiger partial charge in [0.05, 0.1) is 18.8 Å². The summed E-state index contributed by atoms with van der Waals surface area (Å²) < 4.78 is 0. The molecule has 0 aliphatic carbocycles. The summed E-state index contributed by atoms with van der Waals surface area (Å²) in [5.41, 5.74) is 0. The van der Waals surface area contributed by atoms with E-state index in [1.165, 1.54) is 193 Å². The lowest BCUT2D eigenvalue weighted by molar-refractivity contribution is -0.131. The zero-order chi connectivity index (χ0) is 38.7. The second-order valence-electron chi connectivity index (χ2n) is 16.3. The third kappa shape index (κ3) is 38.9. The van der Waals surface area contributed by atoms with E-state index in [1.807, 2.05) is 6.08 Å². The van der Waals surface area contributed by atoms with E-state index in [9.17, 15) is 20.1 Å². The number of carbonyl (C=O) groups is 1. The van der Waals surface area contributed by atoms with E-state index in [0.717, 1.165) is 38.5 Å². The topological polar surface area (TPSA) is 89.8 Å². The largest absolute Gasteiger partial charge is 0.394 e. The number of aliphatic hydroxyl groups excluding tert-OH is 3. The molecule has 0 aromatic carbocycles. The number of unbranched alkanes of at least 4 members (excludes halogenated alkanes) is 33. The maximum atomic E-state index is 12.4. The lowest BCUT2D eigenvalue weighted by Gasteiger charge is -2.21. The van der Waals surface area contributed by atoms with Gasteiger partial charge in [0, 0.05) is 0 Å². The van der Waals surface area contributed by atoms with Crippen LogP contribution in [-0.2, 0) is 4.79 Å². The van der Waals surface area contributed by atoms with Gasteiger partial charge in [-0.25, -0.2) is 0 Å². The summed E-state index contributed by atoms with van der Waals surface area (Å²) in [5.74, 6) is -0.511. The van der Waals surface area contributed by atoms with Crippen LogP contribution in [-0.4, -0.2) is 46.1 Å². The highest BCUT2D eigenvalue weighted by atomic mass is 16.3. The summed E-state index contributed by atoms with van der Waals surface area (Å²) in [5, 5.41) is 33.0. The molecule has 3 atom stereocenters. The molecule has 0 radical (unpaired) electrons. The van der Waals surface area contributed by atoms with E-state index in [-0.39, 0.29) is 6.61 Å².